The Kier molecular flexibility index (Phi) is 6.50. The quantitative estimate of drug-likeness (QED) is 0.619. The van der Waals surface area contributed by atoms with E-state index in [1.165, 1.54) is 5.56 Å². The number of amides is 2. The lowest BCUT2D eigenvalue weighted by atomic mass is 9.97. The molecule has 1 N–H and O–H groups in total. The number of rotatable bonds is 6. The standard InChI is InChI=1S/C24H28N4O3/c1-2-31-23(29)20-11-13-27(14-12-20)24(30)25-15-18-7-9-19(10-8-18)16-28-17-26-21-5-3-4-6-22(21)28/h3-10,17,20H,2,11-16H2,1H3,(H,25,30). The van der Waals surface area contributed by atoms with Crippen LogP contribution in [-0.4, -0.2) is 46.1 Å². The first kappa shape index (κ1) is 20.9. The lowest BCUT2D eigenvalue weighted by Crippen LogP contribution is -2.45. The Morgan fingerprint density at radius 2 is 1.77 bits per heavy atom. The monoisotopic (exact) mass is 420 g/mol. The van der Waals surface area contributed by atoms with Gasteiger partial charge in [0.1, 0.15) is 0 Å². The van der Waals surface area contributed by atoms with E-state index in [1.807, 2.05) is 43.6 Å². The molecule has 0 atom stereocenters. The minimum Gasteiger partial charge on any atom is -0.466 e. The predicted octanol–water partition coefficient (Wildman–Crippen LogP) is 3.57. The molecule has 1 saturated heterocycles. The third-order valence-electron chi connectivity index (χ3n) is 5.75. The summed E-state index contributed by atoms with van der Waals surface area (Å²) in [5.41, 5.74) is 4.34. The van der Waals surface area contributed by atoms with Crippen LogP contribution in [0.4, 0.5) is 4.79 Å². The molecule has 1 aliphatic heterocycles. The molecule has 0 bridgehead atoms. The van der Waals surface area contributed by atoms with Crippen LogP contribution in [0.2, 0.25) is 0 Å². The average molecular weight is 421 g/mol. The number of hydrogen-bond donors (Lipinski definition) is 1. The van der Waals surface area contributed by atoms with Gasteiger partial charge in [0, 0.05) is 26.2 Å². The van der Waals surface area contributed by atoms with Crippen molar-refractivity contribution in [1.82, 2.24) is 19.8 Å². The van der Waals surface area contributed by atoms with E-state index >= 15 is 0 Å². The maximum absolute atomic E-state index is 12.5. The van der Waals surface area contributed by atoms with Crippen LogP contribution in [0.5, 0.6) is 0 Å². The van der Waals surface area contributed by atoms with Gasteiger partial charge < -0.3 is 19.5 Å². The maximum Gasteiger partial charge on any atom is 0.317 e. The highest BCUT2D eigenvalue weighted by atomic mass is 16.5. The predicted molar refractivity (Wildman–Crippen MR) is 118 cm³/mol. The Balaban J connectivity index is 1.26. The van der Waals surface area contributed by atoms with Crippen LogP contribution in [0.25, 0.3) is 11.0 Å². The molecule has 31 heavy (non-hydrogen) atoms. The molecule has 1 aromatic heterocycles. The molecule has 7 nitrogen and oxygen atoms in total. The number of nitrogens with zero attached hydrogens (tertiary/aromatic N) is 3. The number of esters is 1. The minimum atomic E-state index is -0.147. The number of imidazole rings is 1. The molecule has 0 radical (unpaired) electrons. The van der Waals surface area contributed by atoms with Crippen LogP contribution in [0, 0.1) is 5.92 Å². The highest BCUT2D eigenvalue weighted by Gasteiger charge is 2.28. The molecular formula is C24H28N4O3. The molecule has 0 aliphatic carbocycles. The third kappa shape index (κ3) is 5.05. The van der Waals surface area contributed by atoms with Crippen molar-refractivity contribution in [2.75, 3.05) is 19.7 Å². The zero-order valence-electron chi connectivity index (χ0n) is 17.8. The van der Waals surface area contributed by atoms with Crippen LogP contribution in [0.3, 0.4) is 0 Å². The Morgan fingerprint density at radius 1 is 1.06 bits per heavy atom. The Morgan fingerprint density at radius 3 is 2.52 bits per heavy atom. The molecule has 2 aromatic carbocycles. The summed E-state index contributed by atoms with van der Waals surface area (Å²) in [5.74, 6) is -0.240. The van der Waals surface area contributed by atoms with Gasteiger partial charge in [0.15, 0.2) is 0 Å². The summed E-state index contributed by atoms with van der Waals surface area (Å²) in [4.78, 5) is 30.5. The van der Waals surface area contributed by atoms with Gasteiger partial charge in [0.25, 0.3) is 0 Å². The molecule has 3 aromatic rings. The zero-order chi connectivity index (χ0) is 21.6. The van der Waals surface area contributed by atoms with Crippen molar-refractivity contribution in [2.45, 2.75) is 32.9 Å². The molecule has 0 spiro atoms. The molecule has 2 amide bonds. The van der Waals surface area contributed by atoms with Gasteiger partial charge in [0.2, 0.25) is 0 Å². The smallest absolute Gasteiger partial charge is 0.317 e. The van der Waals surface area contributed by atoms with Crippen molar-refractivity contribution in [2.24, 2.45) is 5.92 Å². The number of likely N-dealkylation sites (tertiary alicyclic amines) is 1. The van der Waals surface area contributed by atoms with Crippen molar-refractivity contribution < 1.29 is 14.3 Å². The van der Waals surface area contributed by atoms with Crippen molar-refractivity contribution >= 4 is 23.0 Å². The van der Waals surface area contributed by atoms with E-state index in [9.17, 15) is 9.59 Å². The molecule has 1 fully saturated rings. The van der Waals surface area contributed by atoms with Gasteiger partial charge in [-0.25, -0.2) is 9.78 Å². The highest BCUT2D eigenvalue weighted by molar-refractivity contribution is 5.76. The van der Waals surface area contributed by atoms with Crippen LogP contribution in [-0.2, 0) is 22.6 Å². The minimum absolute atomic E-state index is 0.0868. The van der Waals surface area contributed by atoms with E-state index in [4.69, 9.17) is 4.74 Å². The molecular weight excluding hydrogens is 392 g/mol. The summed E-state index contributed by atoms with van der Waals surface area (Å²) in [7, 11) is 0. The fraction of sp³-hybridized carbons (Fsp3) is 0.375. The summed E-state index contributed by atoms with van der Waals surface area (Å²) in [6.45, 7) is 4.59. The second-order valence-electron chi connectivity index (χ2n) is 7.85. The van der Waals surface area contributed by atoms with Gasteiger partial charge in [-0.3, -0.25) is 4.79 Å². The van der Waals surface area contributed by atoms with E-state index in [0.29, 0.717) is 39.1 Å². The second-order valence-corrected chi connectivity index (χ2v) is 7.85. The fourth-order valence-electron chi connectivity index (χ4n) is 3.96. The van der Waals surface area contributed by atoms with Crippen molar-refractivity contribution in [3.63, 3.8) is 0 Å². The average Bonchev–Trinajstić information content (AvgIpc) is 3.21. The summed E-state index contributed by atoms with van der Waals surface area (Å²) in [6, 6.07) is 16.3. The number of carbonyl (C=O) groups excluding carboxylic acids is 2. The maximum atomic E-state index is 12.5. The second kappa shape index (κ2) is 9.64. The van der Waals surface area contributed by atoms with Gasteiger partial charge >= 0.3 is 12.0 Å². The Hall–Kier alpha value is -3.35. The fourth-order valence-corrected chi connectivity index (χ4v) is 3.96. The van der Waals surface area contributed by atoms with Crippen molar-refractivity contribution in [3.05, 3.63) is 66.0 Å². The lowest BCUT2D eigenvalue weighted by molar-refractivity contribution is -0.149. The van der Waals surface area contributed by atoms with E-state index in [0.717, 1.165) is 23.1 Å². The first-order valence-corrected chi connectivity index (χ1v) is 10.8. The molecule has 7 heteroatoms. The van der Waals surface area contributed by atoms with Crippen molar-refractivity contribution in [3.8, 4) is 0 Å². The molecule has 4 rings (SSSR count). The van der Waals surface area contributed by atoms with Crippen LogP contribution in [0.15, 0.2) is 54.9 Å². The highest BCUT2D eigenvalue weighted by Crippen LogP contribution is 2.19. The largest absolute Gasteiger partial charge is 0.466 e. The summed E-state index contributed by atoms with van der Waals surface area (Å²) < 4.78 is 7.21. The van der Waals surface area contributed by atoms with E-state index in [1.54, 1.807) is 4.90 Å². The number of urea groups is 1. The van der Waals surface area contributed by atoms with Crippen LogP contribution in [0.1, 0.15) is 30.9 Å². The first-order valence-electron chi connectivity index (χ1n) is 10.8. The number of fused-ring (bicyclic) bond motifs is 1. The summed E-state index contributed by atoms with van der Waals surface area (Å²) in [6.07, 6.45) is 3.18. The number of carbonyl (C=O) groups is 2. The van der Waals surface area contributed by atoms with Crippen molar-refractivity contribution in [1.29, 1.82) is 0 Å². The van der Waals surface area contributed by atoms with E-state index in [2.05, 4.69) is 33.1 Å². The molecule has 2 heterocycles. The number of benzene rings is 2. The van der Waals surface area contributed by atoms with Gasteiger partial charge in [-0.2, -0.15) is 0 Å². The van der Waals surface area contributed by atoms with Crippen LogP contribution < -0.4 is 5.32 Å². The molecule has 1 aliphatic rings. The van der Waals surface area contributed by atoms with Gasteiger partial charge in [-0.1, -0.05) is 36.4 Å². The third-order valence-corrected chi connectivity index (χ3v) is 5.75. The summed E-state index contributed by atoms with van der Waals surface area (Å²) >= 11 is 0. The lowest BCUT2D eigenvalue weighted by Gasteiger charge is -2.30. The molecule has 0 unspecified atom stereocenters. The SMILES string of the molecule is CCOC(=O)C1CCN(C(=O)NCc2ccc(Cn3cnc4ccccc43)cc2)CC1. The number of para-hydroxylation sites is 2. The first-order chi connectivity index (χ1) is 15.1. The Bertz CT molecular complexity index is 1040. The topological polar surface area (TPSA) is 76.5 Å². The number of ether oxygens (including phenoxy) is 1. The number of nitrogens with one attached hydrogen (secondary N) is 1. The zero-order valence-corrected chi connectivity index (χ0v) is 17.8. The molecule has 162 valence electrons. The number of hydrogen-bond acceptors (Lipinski definition) is 4. The van der Waals surface area contributed by atoms with Crippen LogP contribution >= 0.6 is 0 Å². The van der Waals surface area contributed by atoms with E-state index < -0.39 is 0 Å². The van der Waals surface area contributed by atoms with Gasteiger partial charge in [0.05, 0.1) is 29.9 Å². The van der Waals surface area contributed by atoms with Gasteiger partial charge in [-0.05, 0) is 43.0 Å². The number of aromatic nitrogens is 2. The number of piperidine rings is 1. The van der Waals surface area contributed by atoms with E-state index in [-0.39, 0.29) is 17.9 Å². The Labute approximate surface area is 182 Å². The van der Waals surface area contributed by atoms with Gasteiger partial charge in [-0.15, -0.1) is 0 Å². The summed E-state index contributed by atoms with van der Waals surface area (Å²) in [5, 5.41) is 2.98. The molecule has 0 saturated carbocycles. The normalized spacial score (nSPS) is 14.5.